The van der Waals surface area contributed by atoms with Crippen LogP contribution < -0.4 is 15.0 Å². The fraction of sp³-hybridized carbons (Fsp3) is 0.478. The average molecular weight is 367 g/mol. The van der Waals surface area contributed by atoms with Gasteiger partial charge in [0.25, 0.3) is 0 Å². The van der Waals surface area contributed by atoms with E-state index in [0.717, 1.165) is 44.9 Å². The van der Waals surface area contributed by atoms with Crippen molar-refractivity contribution in [1.29, 1.82) is 0 Å². The highest BCUT2D eigenvalue weighted by Crippen LogP contribution is 2.29. The van der Waals surface area contributed by atoms with Crippen molar-refractivity contribution in [3.8, 4) is 16.9 Å². The summed E-state index contributed by atoms with van der Waals surface area (Å²) in [5, 5.41) is 3.86. The van der Waals surface area contributed by atoms with Crippen LogP contribution in [-0.4, -0.2) is 45.5 Å². The molecule has 0 radical (unpaired) electrons. The molecule has 4 rings (SSSR count). The summed E-state index contributed by atoms with van der Waals surface area (Å²) in [5.41, 5.74) is 3.76. The van der Waals surface area contributed by atoms with Crippen molar-refractivity contribution in [2.45, 2.75) is 37.8 Å². The summed E-state index contributed by atoms with van der Waals surface area (Å²) in [4.78, 5) is 2.52. The highest BCUT2D eigenvalue weighted by Gasteiger charge is 2.23. The predicted molar refractivity (Wildman–Crippen MR) is 111 cm³/mol. The minimum Gasteiger partial charge on any atom is -0.497 e. The van der Waals surface area contributed by atoms with Gasteiger partial charge in [-0.05, 0) is 61.1 Å². The molecule has 2 aliphatic rings. The Bertz CT molecular complexity index is 735. The monoisotopic (exact) mass is 366 g/mol. The van der Waals surface area contributed by atoms with Gasteiger partial charge in [-0.25, -0.2) is 0 Å². The Labute approximate surface area is 162 Å². The Kier molecular flexibility index (Phi) is 5.95. The van der Waals surface area contributed by atoms with Crippen molar-refractivity contribution in [2.75, 3.05) is 38.3 Å². The lowest BCUT2D eigenvalue weighted by molar-refractivity contribution is 0.0738. The number of rotatable bonds is 5. The number of ether oxygens (including phenoxy) is 2. The van der Waals surface area contributed by atoms with Gasteiger partial charge in [-0.15, -0.1) is 0 Å². The lowest BCUT2D eigenvalue weighted by Crippen LogP contribution is -2.47. The Morgan fingerprint density at radius 3 is 2.30 bits per heavy atom. The molecule has 0 amide bonds. The van der Waals surface area contributed by atoms with Crippen LogP contribution in [0.2, 0.25) is 0 Å². The molecule has 144 valence electrons. The first-order valence-corrected chi connectivity index (χ1v) is 10.1. The molecule has 1 N–H and O–H groups in total. The summed E-state index contributed by atoms with van der Waals surface area (Å²) >= 11 is 0. The van der Waals surface area contributed by atoms with Gasteiger partial charge in [0, 0.05) is 44.1 Å². The molecule has 0 aromatic heterocycles. The van der Waals surface area contributed by atoms with Gasteiger partial charge >= 0.3 is 0 Å². The zero-order valence-corrected chi connectivity index (χ0v) is 16.2. The molecule has 0 saturated carbocycles. The zero-order valence-electron chi connectivity index (χ0n) is 16.2. The number of nitrogens with one attached hydrogen (secondary N) is 1. The molecule has 0 atom stereocenters. The number of hydrogen-bond acceptors (Lipinski definition) is 4. The number of anilines is 1. The van der Waals surface area contributed by atoms with Crippen molar-refractivity contribution in [3.05, 3.63) is 48.5 Å². The average Bonchev–Trinajstić information content (AvgIpc) is 2.75. The second-order valence-electron chi connectivity index (χ2n) is 7.60. The summed E-state index contributed by atoms with van der Waals surface area (Å²) in [5.74, 6) is 0.901. The number of benzene rings is 2. The molecule has 2 heterocycles. The second-order valence-corrected chi connectivity index (χ2v) is 7.60. The molecule has 0 aliphatic carbocycles. The molecule has 2 saturated heterocycles. The fourth-order valence-electron chi connectivity index (χ4n) is 4.19. The van der Waals surface area contributed by atoms with Crippen LogP contribution in [0.5, 0.6) is 5.75 Å². The van der Waals surface area contributed by atoms with E-state index >= 15 is 0 Å². The Hall–Kier alpha value is -2.04. The van der Waals surface area contributed by atoms with Gasteiger partial charge in [0.1, 0.15) is 5.75 Å². The van der Waals surface area contributed by atoms with Crippen LogP contribution in [-0.2, 0) is 4.74 Å². The molecule has 4 heteroatoms. The van der Waals surface area contributed by atoms with E-state index in [1.54, 1.807) is 7.11 Å². The van der Waals surface area contributed by atoms with Gasteiger partial charge in [-0.1, -0.05) is 24.3 Å². The molecule has 2 aliphatic heterocycles. The van der Waals surface area contributed by atoms with Crippen LogP contribution in [0.1, 0.15) is 25.7 Å². The van der Waals surface area contributed by atoms with E-state index in [2.05, 4.69) is 46.6 Å². The van der Waals surface area contributed by atoms with Crippen LogP contribution in [0, 0.1) is 0 Å². The standard InChI is InChI=1S/C23H30N2O2/c1-26-23-7-3-5-19(17-23)18-4-2-6-22(16-18)25-12-8-20(9-13-25)24-21-10-14-27-15-11-21/h2-7,16-17,20-21,24H,8-15H2,1H3. The van der Waals surface area contributed by atoms with E-state index in [4.69, 9.17) is 9.47 Å². The van der Waals surface area contributed by atoms with Crippen molar-refractivity contribution in [3.63, 3.8) is 0 Å². The highest BCUT2D eigenvalue weighted by atomic mass is 16.5. The van der Waals surface area contributed by atoms with Crippen molar-refractivity contribution < 1.29 is 9.47 Å². The fourth-order valence-corrected chi connectivity index (χ4v) is 4.19. The summed E-state index contributed by atoms with van der Waals surface area (Å²) in [6.45, 7) is 4.05. The van der Waals surface area contributed by atoms with Crippen LogP contribution in [0.15, 0.2) is 48.5 Å². The summed E-state index contributed by atoms with van der Waals surface area (Å²) in [6, 6.07) is 18.5. The predicted octanol–water partition coefficient (Wildman–Crippen LogP) is 4.10. The smallest absolute Gasteiger partial charge is 0.119 e. The van der Waals surface area contributed by atoms with Crippen LogP contribution >= 0.6 is 0 Å². The number of piperidine rings is 1. The maximum atomic E-state index is 5.47. The van der Waals surface area contributed by atoms with Crippen molar-refractivity contribution in [1.82, 2.24) is 5.32 Å². The molecule has 0 bridgehead atoms. The van der Waals surface area contributed by atoms with Crippen LogP contribution in [0.3, 0.4) is 0 Å². The molecule has 2 aromatic rings. The molecule has 0 unspecified atom stereocenters. The minimum atomic E-state index is 0.644. The van der Waals surface area contributed by atoms with Gasteiger partial charge in [-0.3, -0.25) is 0 Å². The van der Waals surface area contributed by atoms with Crippen LogP contribution in [0.4, 0.5) is 5.69 Å². The molecular formula is C23H30N2O2. The number of hydrogen-bond donors (Lipinski definition) is 1. The third-order valence-corrected chi connectivity index (χ3v) is 5.80. The van der Waals surface area contributed by atoms with E-state index in [9.17, 15) is 0 Å². The molecule has 2 aromatic carbocycles. The van der Waals surface area contributed by atoms with E-state index in [1.807, 2.05) is 12.1 Å². The third kappa shape index (κ3) is 4.63. The molecule has 4 nitrogen and oxygen atoms in total. The van der Waals surface area contributed by atoms with E-state index < -0.39 is 0 Å². The molecule has 27 heavy (non-hydrogen) atoms. The minimum absolute atomic E-state index is 0.644. The van der Waals surface area contributed by atoms with Gasteiger partial charge in [0.15, 0.2) is 0 Å². The second kappa shape index (κ2) is 8.77. The number of methoxy groups -OCH3 is 1. The highest BCUT2D eigenvalue weighted by molar-refractivity contribution is 5.69. The largest absolute Gasteiger partial charge is 0.497 e. The molecule has 0 spiro atoms. The first-order valence-electron chi connectivity index (χ1n) is 10.1. The SMILES string of the molecule is COc1cccc(-c2cccc(N3CCC(NC4CCOCC4)CC3)c2)c1. The molecule has 2 fully saturated rings. The lowest BCUT2D eigenvalue weighted by atomic mass is 9.99. The number of nitrogens with zero attached hydrogens (tertiary/aromatic N) is 1. The Balaban J connectivity index is 1.38. The first kappa shape index (κ1) is 18.3. The summed E-state index contributed by atoms with van der Waals surface area (Å²) < 4.78 is 10.8. The summed E-state index contributed by atoms with van der Waals surface area (Å²) in [6.07, 6.45) is 4.73. The van der Waals surface area contributed by atoms with E-state index in [1.165, 1.54) is 29.7 Å². The first-order chi connectivity index (χ1) is 13.3. The van der Waals surface area contributed by atoms with Crippen molar-refractivity contribution >= 4 is 5.69 Å². The van der Waals surface area contributed by atoms with E-state index in [0.29, 0.717) is 12.1 Å². The quantitative estimate of drug-likeness (QED) is 0.864. The van der Waals surface area contributed by atoms with Gasteiger partial charge < -0.3 is 19.7 Å². The maximum Gasteiger partial charge on any atom is 0.119 e. The zero-order chi connectivity index (χ0) is 18.5. The van der Waals surface area contributed by atoms with Gasteiger partial charge in [-0.2, -0.15) is 0 Å². The maximum absolute atomic E-state index is 5.47. The third-order valence-electron chi connectivity index (χ3n) is 5.80. The Morgan fingerprint density at radius 2 is 1.56 bits per heavy atom. The van der Waals surface area contributed by atoms with E-state index in [-0.39, 0.29) is 0 Å². The lowest BCUT2D eigenvalue weighted by Gasteiger charge is -2.36. The normalized spacial score (nSPS) is 19.2. The van der Waals surface area contributed by atoms with Crippen LogP contribution in [0.25, 0.3) is 11.1 Å². The molecular weight excluding hydrogens is 336 g/mol. The Morgan fingerprint density at radius 1 is 0.889 bits per heavy atom. The van der Waals surface area contributed by atoms with Crippen molar-refractivity contribution in [2.24, 2.45) is 0 Å². The topological polar surface area (TPSA) is 33.7 Å². The van der Waals surface area contributed by atoms with Gasteiger partial charge in [0.2, 0.25) is 0 Å². The summed E-state index contributed by atoms with van der Waals surface area (Å²) in [7, 11) is 1.72. The van der Waals surface area contributed by atoms with Gasteiger partial charge in [0.05, 0.1) is 7.11 Å².